The van der Waals surface area contributed by atoms with Gasteiger partial charge in [-0.1, -0.05) is 15.9 Å². The van der Waals surface area contributed by atoms with Crippen molar-refractivity contribution in [3.8, 4) is 5.75 Å². The molecule has 0 atom stereocenters. The van der Waals surface area contributed by atoms with E-state index in [4.69, 9.17) is 0 Å². The summed E-state index contributed by atoms with van der Waals surface area (Å²) in [7, 11) is 0. The number of benzene rings is 1. The fraction of sp³-hybridized carbons (Fsp3) is 0.364. The van der Waals surface area contributed by atoms with Crippen molar-refractivity contribution >= 4 is 27.6 Å². The first-order valence-electron chi connectivity index (χ1n) is 5.46. The van der Waals surface area contributed by atoms with Gasteiger partial charge in [0.25, 0.3) is 0 Å². The Kier molecular flexibility index (Phi) is 3.88. The second-order valence-electron chi connectivity index (χ2n) is 4.06. The molecule has 0 aliphatic heterocycles. The average Bonchev–Trinajstić information content (AvgIpc) is 3.03. The number of urea groups is 1. The van der Waals surface area contributed by atoms with E-state index >= 15 is 0 Å². The van der Waals surface area contributed by atoms with E-state index in [1.165, 1.54) is 12.1 Å². The van der Waals surface area contributed by atoms with Crippen LogP contribution in [0.5, 0.6) is 5.75 Å². The highest BCUT2D eigenvalue weighted by Crippen LogP contribution is 2.33. The first-order chi connectivity index (χ1) is 8.83. The maximum atomic E-state index is 12.2. The van der Waals surface area contributed by atoms with Gasteiger partial charge in [0.2, 0.25) is 0 Å². The van der Waals surface area contributed by atoms with Gasteiger partial charge in [0.05, 0.1) is 5.69 Å². The second-order valence-corrected chi connectivity index (χ2v) is 4.98. The van der Waals surface area contributed by atoms with E-state index in [1.54, 1.807) is 0 Å². The van der Waals surface area contributed by atoms with Crippen LogP contribution in [-0.4, -0.2) is 18.4 Å². The molecule has 1 aliphatic carbocycles. The molecule has 2 rings (SSSR count). The summed E-state index contributed by atoms with van der Waals surface area (Å²) in [5.41, 5.74) is -0.0429. The third-order valence-corrected chi connectivity index (χ3v) is 2.82. The van der Waals surface area contributed by atoms with Crippen molar-refractivity contribution < 1.29 is 22.7 Å². The molecule has 1 fully saturated rings. The molecule has 19 heavy (non-hydrogen) atoms. The molecule has 104 valence electrons. The topological polar surface area (TPSA) is 50.4 Å². The molecular formula is C11H10BrF3N2O2. The highest BCUT2D eigenvalue weighted by molar-refractivity contribution is 9.10. The highest BCUT2D eigenvalue weighted by Gasteiger charge is 2.32. The number of anilines is 1. The van der Waals surface area contributed by atoms with Gasteiger partial charge < -0.3 is 15.4 Å². The molecule has 1 aromatic rings. The van der Waals surface area contributed by atoms with Crippen molar-refractivity contribution in [1.29, 1.82) is 0 Å². The lowest BCUT2D eigenvalue weighted by Crippen LogP contribution is -2.30. The minimum atomic E-state index is -4.82. The van der Waals surface area contributed by atoms with Crippen LogP contribution in [0.3, 0.4) is 0 Å². The Morgan fingerprint density at radius 3 is 2.63 bits per heavy atom. The molecule has 0 aromatic heterocycles. The zero-order chi connectivity index (χ0) is 14.0. The van der Waals surface area contributed by atoms with Gasteiger partial charge in [0, 0.05) is 10.5 Å². The quantitative estimate of drug-likeness (QED) is 0.884. The van der Waals surface area contributed by atoms with Gasteiger partial charge in [-0.3, -0.25) is 0 Å². The van der Waals surface area contributed by atoms with E-state index in [-0.39, 0.29) is 11.7 Å². The van der Waals surface area contributed by atoms with E-state index in [2.05, 4.69) is 31.3 Å². The van der Waals surface area contributed by atoms with E-state index in [0.29, 0.717) is 4.47 Å². The molecule has 0 radical (unpaired) electrons. The number of carbonyl (C=O) groups excluding carboxylic acids is 1. The standard InChI is InChI=1S/C11H10BrF3N2O2/c12-6-1-4-8(9(5-6)19-11(13,14)15)17-10(18)16-7-2-3-7/h1,4-5,7H,2-3H2,(H2,16,17,18). The molecule has 1 aromatic carbocycles. The van der Waals surface area contributed by atoms with Crippen LogP contribution in [0.15, 0.2) is 22.7 Å². The number of amides is 2. The molecule has 8 heteroatoms. The lowest BCUT2D eigenvalue weighted by molar-refractivity contribution is -0.274. The number of alkyl halides is 3. The molecule has 0 saturated heterocycles. The van der Waals surface area contributed by atoms with Gasteiger partial charge in [-0.05, 0) is 31.0 Å². The summed E-state index contributed by atoms with van der Waals surface area (Å²) in [5, 5.41) is 4.94. The molecular weight excluding hydrogens is 329 g/mol. The van der Waals surface area contributed by atoms with Crippen LogP contribution < -0.4 is 15.4 Å². The summed E-state index contributed by atoms with van der Waals surface area (Å²) < 4.78 is 41.0. The fourth-order valence-corrected chi connectivity index (χ4v) is 1.72. The number of carbonyl (C=O) groups is 1. The van der Waals surface area contributed by atoms with Crippen LogP contribution >= 0.6 is 15.9 Å². The summed E-state index contributed by atoms with van der Waals surface area (Å²) in [4.78, 5) is 11.5. The van der Waals surface area contributed by atoms with Crippen molar-refractivity contribution in [2.24, 2.45) is 0 Å². The SMILES string of the molecule is O=C(Nc1ccc(Br)cc1OC(F)(F)F)NC1CC1. The Hall–Kier alpha value is -1.44. The van der Waals surface area contributed by atoms with Crippen LogP contribution in [-0.2, 0) is 0 Å². The molecule has 0 spiro atoms. The van der Waals surface area contributed by atoms with Crippen LogP contribution in [0.4, 0.5) is 23.7 Å². The summed E-state index contributed by atoms with van der Waals surface area (Å²) >= 11 is 3.04. The molecule has 0 bridgehead atoms. The monoisotopic (exact) mass is 338 g/mol. The van der Waals surface area contributed by atoms with Crippen molar-refractivity contribution in [3.63, 3.8) is 0 Å². The molecule has 4 nitrogen and oxygen atoms in total. The largest absolute Gasteiger partial charge is 0.573 e. The lowest BCUT2D eigenvalue weighted by Gasteiger charge is -2.14. The number of hydrogen-bond donors (Lipinski definition) is 2. The summed E-state index contributed by atoms with van der Waals surface area (Å²) in [5.74, 6) is -0.465. The maximum Gasteiger partial charge on any atom is 0.573 e. The Labute approximate surface area is 115 Å². The minimum Gasteiger partial charge on any atom is -0.404 e. The Morgan fingerprint density at radius 2 is 2.05 bits per heavy atom. The second kappa shape index (κ2) is 5.28. The van der Waals surface area contributed by atoms with Crippen LogP contribution in [0.25, 0.3) is 0 Å². The molecule has 2 N–H and O–H groups in total. The van der Waals surface area contributed by atoms with Gasteiger partial charge in [-0.2, -0.15) is 0 Å². The first-order valence-corrected chi connectivity index (χ1v) is 6.25. The van der Waals surface area contributed by atoms with Gasteiger partial charge >= 0.3 is 12.4 Å². The number of rotatable bonds is 3. The number of halogens is 4. The van der Waals surface area contributed by atoms with Gasteiger partial charge in [0.15, 0.2) is 5.75 Å². The lowest BCUT2D eigenvalue weighted by atomic mass is 10.3. The van der Waals surface area contributed by atoms with Gasteiger partial charge in [-0.25, -0.2) is 4.79 Å². The van der Waals surface area contributed by atoms with E-state index in [0.717, 1.165) is 18.9 Å². The van der Waals surface area contributed by atoms with Crippen LogP contribution in [0.2, 0.25) is 0 Å². The van der Waals surface area contributed by atoms with Gasteiger partial charge in [0.1, 0.15) is 0 Å². The van der Waals surface area contributed by atoms with Crippen molar-refractivity contribution in [2.75, 3.05) is 5.32 Å². The van der Waals surface area contributed by atoms with Crippen LogP contribution in [0.1, 0.15) is 12.8 Å². The number of ether oxygens (including phenoxy) is 1. The zero-order valence-electron chi connectivity index (χ0n) is 9.55. The zero-order valence-corrected chi connectivity index (χ0v) is 11.1. The smallest absolute Gasteiger partial charge is 0.404 e. The predicted molar refractivity (Wildman–Crippen MR) is 66.0 cm³/mol. The maximum absolute atomic E-state index is 12.2. The Bertz CT molecular complexity index is 489. The molecule has 1 saturated carbocycles. The van der Waals surface area contributed by atoms with E-state index in [1.807, 2.05) is 0 Å². The molecule has 2 amide bonds. The third-order valence-electron chi connectivity index (χ3n) is 2.33. The van der Waals surface area contributed by atoms with Gasteiger partial charge in [-0.15, -0.1) is 13.2 Å². The number of hydrogen-bond acceptors (Lipinski definition) is 2. The molecule has 1 aliphatic rings. The molecule has 0 heterocycles. The van der Waals surface area contributed by atoms with Crippen molar-refractivity contribution in [2.45, 2.75) is 25.2 Å². The average molecular weight is 339 g/mol. The highest BCUT2D eigenvalue weighted by atomic mass is 79.9. The fourth-order valence-electron chi connectivity index (χ4n) is 1.38. The van der Waals surface area contributed by atoms with Crippen LogP contribution in [0, 0.1) is 0 Å². The Morgan fingerprint density at radius 1 is 1.37 bits per heavy atom. The third kappa shape index (κ3) is 4.62. The molecule has 0 unspecified atom stereocenters. The summed E-state index contributed by atoms with van der Waals surface area (Å²) in [6.45, 7) is 0. The van der Waals surface area contributed by atoms with Crippen molar-refractivity contribution in [3.05, 3.63) is 22.7 Å². The number of nitrogens with one attached hydrogen (secondary N) is 2. The summed E-state index contributed by atoms with van der Waals surface area (Å²) in [6.07, 6.45) is -3.04. The van der Waals surface area contributed by atoms with Crippen molar-refractivity contribution in [1.82, 2.24) is 5.32 Å². The predicted octanol–water partition coefficient (Wildman–Crippen LogP) is 3.63. The van der Waals surface area contributed by atoms with E-state index in [9.17, 15) is 18.0 Å². The van der Waals surface area contributed by atoms with E-state index < -0.39 is 18.1 Å². The first kappa shape index (κ1) is 14.0. The summed E-state index contributed by atoms with van der Waals surface area (Å²) in [6, 6.07) is 3.55. The minimum absolute atomic E-state index is 0.0429. The normalized spacial score (nSPS) is 14.9. The Balaban J connectivity index is 2.11.